The van der Waals surface area contributed by atoms with Crippen LogP contribution in [0.3, 0.4) is 0 Å². The maximum absolute atomic E-state index is 15.0. The van der Waals surface area contributed by atoms with E-state index in [0.717, 1.165) is 22.1 Å². The Bertz CT molecular complexity index is 1680. The highest BCUT2D eigenvalue weighted by Crippen LogP contribution is 2.61. The topological polar surface area (TPSA) is 131 Å². The average Bonchev–Trinajstić information content (AvgIpc) is 3.47. The van der Waals surface area contributed by atoms with Crippen molar-refractivity contribution in [3.05, 3.63) is 61.7 Å². The fraction of sp³-hybridized carbons (Fsp3) is 0.407. The van der Waals surface area contributed by atoms with E-state index >= 15 is 0 Å². The van der Waals surface area contributed by atoms with Crippen LogP contribution in [0.15, 0.2) is 16.9 Å². The molecular formula is C27H24FN3O6. The monoisotopic (exact) mass is 505 g/mol. The summed E-state index contributed by atoms with van der Waals surface area (Å²) < 4.78 is 21.7. The van der Waals surface area contributed by atoms with Gasteiger partial charge in [-0.15, -0.1) is 0 Å². The highest BCUT2D eigenvalue weighted by molar-refractivity contribution is 5.95. The molecule has 3 atom stereocenters. The Kier molecular flexibility index (Phi) is 4.28. The van der Waals surface area contributed by atoms with Crippen LogP contribution in [0.4, 0.5) is 4.39 Å². The number of hydrogen-bond acceptors (Lipinski definition) is 7. The van der Waals surface area contributed by atoms with Crippen LogP contribution in [-0.4, -0.2) is 38.2 Å². The lowest BCUT2D eigenvalue weighted by Gasteiger charge is -2.31. The van der Waals surface area contributed by atoms with Crippen molar-refractivity contribution in [2.75, 3.05) is 6.61 Å². The van der Waals surface area contributed by atoms with Gasteiger partial charge in [0.1, 0.15) is 19.0 Å². The van der Waals surface area contributed by atoms with E-state index in [-0.39, 0.29) is 48.0 Å². The Labute approximate surface area is 209 Å². The molecular weight excluding hydrogens is 481 g/mol. The minimum Gasteiger partial charge on any atom is -0.458 e. The number of esters is 1. The normalized spacial score (nSPS) is 26.2. The van der Waals surface area contributed by atoms with E-state index in [4.69, 9.17) is 9.72 Å². The van der Waals surface area contributed by atoms with E-state index in [9.17, 15) is 29.0 Å². The molecule has 10 heteroatoms. The summed E-state index contributed by atoms with van der Waals surface area (Å²) in [6.45, 7) is 2.65. The lowest BCUT2D eigenvalue weighted by molar-refractivity contribution is -0.172. The average molecular weight is 506 g/mol. The number of aliphatic hydroxyl groups excluding tert-OH is 1. The lowest BCUT2D eigenvalue weighted by Crippen LogP contribution is -2.44. The quantitative estimate of drug-likeness (QED) is 0.359. The van der Waals surface area contributed by atoms with Crippen molar-refractivity contribution in [3.8, 4) is 11.4 Å². The third-order valence-corrected chi connectivity index (χ3v) is 8.81. The molecule has 7 rings (SSSR count). The molecule has 1 fully saturated rings. The number of aliphatic hydroxyl groups is 2. The molecule has 0 spiro atoms. The number of aromatic nitrogens is 2. The van der Waals surface area contributed by atoms with Crippen LogP contribution >= 0.6 is 0 Å². The van der Waals surface area contributed by atoms with Crippen LogP contribution < -0.4 is 10.9 Å². The summed E-state index contributed by atoms with van der Waals surface area (Å²) in [5.74, 6) is -1.66. The number of nitrogens with zero attached hydrogens (tertiary/aromatic N) is 2. The van der Waals surface area contributed by atoms with Crippen molar-refractivity contribution < 1.29 is 28.9 Å². The molecule has 4 heterocycles. The first-order valence-electron chi connectivity index (χ1n) is 12.4. The van der Waals surface area contributed by atoms with Gasteiger partial charge in [-0.1, -0.05) is 6.92 Å². The molecule has 2 aromatic heterocycles. The second-order valence-corrected chi connectivity index (χ2v) is 10.6. The van der Waals surface area contributed by atoms with Gasteiger partial charge in [-0.25, -0.2) is 14.2 Å². The Morgan fingerprint density at radius 2 is 2.08 bits per heavy atom. The van der Waals surface area contributed by atoms with Gasteiger partial charge in [-0.05, 0) is 54.9 Å². The number of benzene rings is 1. The number of carbonyl (C=O) groups is 2. The van der Waals surface area contributed by atoms with Gasteiger partial charge in [0.2, 0.25) is 5.91 Å². The molecule has 1 saturated carbocycles. The van der Waals surface area contributed by atoms with Gasteiger partial charge in [-0.3, -0.25) is 9.59 Å². The minimum absolute atomic E-state index is 0.0237. The number of cyclic esters (lactones) is 1. The molecule has 2 aliphatic heterocycles. The van der Waals surface area contributed by atoms with Crippen LogP contribution in [0.25, 0.3) is 22.3 Å². The number of amides is 1. The first kappa shape index (κ1) is 22.6. The Hall–Kier alpha value is -3.63. The van der Waals surface area contributed by atoms with Gasteiger partial charge >= 0.3 is 5.97 Å². The summed E-state index contributed by atoms with van der Waals surface area (Å²) in [6.07, 6.45) is 1.22. The maximum Gasteiger partial charge on any atom is 0.343 e. The van der Waals surface area contributed by atoms with Gasteiger partial charge in [0.15, 0.2) is 5.60 Å². The summed E-state index contributed by atoms with van der Waals surface area (Å²) in [7, 11) is 0. The lowest BCUT2D eigenvalue weighted by atomic mass is 9.81. The van der Waals surface area contributed by atoms with E-state index in [1.54, 1.807) is 19.9 Å². The second kappa shape index (κ2) is 7.02. The Balaban J connectivity index is 1.55. The summed E-state index contributed by atoms with van der Waals surface area (Å²) in [6, 6.07) is 3.00. The molecule has 3 N–H and O–H groups in total. The number of pyridine rings is 2. The second-order valence-electron chi connectivity index (χ2n) is 10.6. The number of fused-ring (bicyclic) bond motifs is 7. The Morgan fingerprint density at radius 3 is 2.81 bits per heavy atom. The predicted octanol–water partition coefficient (Wildman–Crippen LogP) is 1.41. The maximum atomic E-state index is 15.0. The molecule has 0 radical (unpaired) electrons. The molecule has 0 bridgehead atoms. The zero-order valence-electron chi connectivity index (χ0n) is 20.3. The van der Waals surface area contributed by atoms with Crippen molar-refractivity contribution in [1.82, 2.24) is 14.9 Å². The first-order chi connectivity index (χ1) is 17.6. The van der Waals surface area contributed by atoms with Crippen LogP contribution in [-0.2, 0) is 45.0 Å². The fourth-order valence-corrected chi connectivity index (χ4v) is 6.77. The SMILES string of the molecule is CC[C@@]1(O)C(=O)OCc2c1cc1n(c2=O)Cc2c-1nc1cc(F)c(C)c3c1c2[C@]1(NC(=O)CO)CC1C3. The predicted molar refractivity (Wildman–Crippen MR) is 128 cm³/mol. The molecule has 1 unspecified atom stereocenters. The van der Waals surface area contributed by atoms with Gasteiger partial charge in [0, 0.05) is 22.6 Å². The first-order valence-corrected chi connectivity index (χ1v) is 12.4. The Morgan fingerprint density at radius 1 is 1.30 bits per heavy atom. The number of halogens is 1. The third-order valence-electron chi connectivity index (χ3n) is 8.81. The summed E-state index contributed by atoms with van der Waals surface area (Å²) in [5.41, 5.74) is 1.57. The van der Waals surface area contributed by atoms with E-state index in [2.05, 4.69) is 5.32 Å². The van der Waals surface area contributed by atoms with Gasteiger partial charge in [0.25, 0.3) is 5.56 Å². The van der Waals surface area contributed by atoms with Gasteiger partial charge in [-0.2, -0.15) is 0 Å². The molecule has 0 saturated heterocycles. The number of hydrogen-bond donors (Lipinski definition) is 3. The zero-order chi connectivity index (χ0) is 26.0. The van der Waals surface area contributed by atoms with E-state index in [1.165, 1.54) is 10.6 Å². The smallest absolute Gasteiger partial charge is 0.343 e. The van der Waals surface area contributed by atoms with Crippen molar-refractivity contribution >= 4 is 22.8 Å². The van der Waals surface area contributed by atoms with Crippen LogP contribution in [0.5, 0.6) is 0 Å². The van der Waals surface area contributed by atoms with Crippen molar-refractivity contribution in [2.45, 2.75) is 57.4 Å². The van der Waals surface area contributed by atoms with E-state index < -0.39 is 29.6 Å². The van der Waals surface area contributed by atoms with Crippen molar-refractivity contribution in [2.24, 2.45) is 5.92 Å². The molecule has 190 valence electrons. The zero-order valence-corrected chi connectivity index (χ0v) is 20.3. The summed E-state index contributed by atoms with van der Waals surface area (Å²) >= 11 is 0. The number of ether oxygens (including phenoxy) is 1. The third kappa shape index (κ3) is 2.64. The van der Waals surface area contributed by atoms with Crippen molar-refractivity contribution in [1.29, 1.82) is 0 Å². The molecule has 4 aliphatic rings. The summed E-state index contributed by atoms with van der Waals surface area (Å²) in [4.78, 5) is 43.3. The minimum atomic E-state index is -1.95. The number of rotatable bonds is 3. The standard InChI is InChI=1S/C27H24FN3O6/c1-3-27(36)16-5-19-23-14(8-31(19)24(34)15(16)10-37-25(27)35)22-21-13(11(2)17(28)6-18(21)29-23)4-12-7-26(12,22)30-20(33)9-32/h5-6,12,32,36H,3-4,7-10H2,1-2H3,(H,30,33)/t12?,26-,27-/m0/s1. The van der Waals surface area contributed by atoms with Gasteiger partial charge < -0.3 is 24.8 Å². The largest absolute Gasteiger partial charge is 0.458 e. The molecule has 1 amide bonds. The molecule has 1 aromatic carbocycles. The van der Waals surface area contributed by atoms with Crippen molar-refractivity contribution in [3.63, 3.8) is 0 Å². The van der Waals surface area contributed by atoms with Crippen LogP contribution in [0.2, 0.25) is 0 Å². The molecule has 2 aliphatic carbocycles. The summed E-state index contributed by atoms with van der Waals surface area (Å²) in [5, 5.41) is 24.4. The van der Waals surface area contributed by atoms with Crippen LogP contribution in [0, 0.1) is 18.7 Å². The number of carbonyl (C=O) groups excluding carboxylic acids is 2. The highest BCUT2D eigenvalue weighted by atomic mass is 19.1. The number of nitrogens with one attached hydrogen (secondary N) is 1. The van der Waals surface area contributed by atoms with E-state index in [1.807, 2.05) is 0 Å². The van der Waals surface area contributed by atoms with Gasteiger partial charge in [0.05, 0.1) is 34.6 Å². The van der Waals surface area contributed by atoms with E-state index in [0.29, 0.717) is 35.3 Å². The molecule has 37 heavy (non-hydrogen) atoms. The fourth-order valence-electron chi connectivity index (χ4n) is 6.77. The highest BCUT2D eigenvalue weighted by Gasteiger charge is 2.61. The molecule has 3 aromatic rings. The van der Waals surface area contributed by atoms with Crippen LogP contribution in [0.1, 0.15) is 53.1 Å². The molecule has 9 nitrogen and oxygen atoms in total.